The summed E-state index contributed by atoms with van der Waals surface area (Å²) in [5.74, 6) is 1.05. The Bertz CT molecular complexity index is 366. The zero-order valence-corrected chi connectivity index (χ0v) is 9.45. The van der Waals surface area contributed by atoms with Gasteiger partial charge in [-0.2, -0.15) is 5.26 Å². The minimum Gasteiger partial charge on any atom is -0.477 e. The largest absolute Gasteiger partial charge is 0.477 e. The van der Waals surface area contributed by atoms with E-state index in [1.54, 1.807) is 6.20 Å². The lowest BCUT2D eigenvalue weighted by Crippen LogP contribution is -2.04. The minimum atomic E-state index is 0.457. The first kappa shape index (κ1) is 11.5. The molecular formula is C12H16N2O. The third kappa shape index (κ3) is 3.25. The molecule has 0 amide bonds. The van der Waals surface area contributed by atoms with Gasteiger partial charge in [-0.3, -0.25) is 0 Å². The highest BCUT2D eigenvalue weighted by Gasteiger charge is 2.07. The number of ether oxygens (including phenoxy) is 1. The monoisotopic (exact) mass is 204 g/mol. The topological polar surface area (TPSA) is 45.9 Å². The molecule has 0 bridgehead atoms. The van der Waals surface area contributed by atoms with Crippen LogP contribution in [-0.4, -0.2) is 11.6 Å². The highest BCUT2D eigenvalue weighted by Crippen LogP contribution is 2.17. The maximum atomic E-state index is 8.94. The average Bonchev–Trinajstić information content (AvgIpc) is 2.17. The van der Waals surface area contributed by atoms with Crippen LogP contribution in [0.2, 0.25) is 0 Å². The van der Waals surface area contributed by atoms with E-state index in [9.17, 15) is 0 Å². The number of nitrogens with zero attached hydrogens (tertiary/aromatic N) is 2. The van der Waals surface area contributed by atoms with Gasteiger partial charge in [0.2, 0.25) is 5.88 Å². The fourth-order valence-corrected chi connectivity index (χ4v) is 1.17. The standard InChI is InChI=1S/C12H16N2O/c1-9(2)5-7-15-12-11(8-13)10(3)4-6-14-12/h4,6,9H,5,7H2,1-3H3. The third-order valence-corrected chi connectivity index (χ3v) is 2.17. The van der Waals surface area contributed by atoms with E-state index in [0.717, 1.165) is 12.0 Å². The molecule has 0 aliphatic carbocycles. The molecule has 3 heteroatoms. The summed E-state index contributed by atoms with van der Waals surface area (Å²) >= 11 is 0. The second-order valence-electron chi connectivity index (χ2n) is 3.95. The lowest BCUT2D eigenvalue weighted by molar-refractivity contribution is 0.278. The van der Waals surface area contributed by atoms with Crippen molar-refractivity contribution >= 4 is 0 Å². The second-order valence-corrected chi connectivity index (χ2v) is 3.95. The van der Waals surface area contributed by atoms with E-state index in [4.69, 9.17) is 10.00 Å². The van der Waals surface area contributed by atoms with Crippen LogP contribution in [0, 0.1) is 24.2 Å². The zero-order valence-electron chi connectivity index (χ0n) is 9.45. The van der Waals surface area contributed by atoms with Crippen molar-refractivity contribution in [3.05, 3.63) is 23.4 Å². The Morgan fingerprint density at radius 3 is 2.87 bits per heavy atom. The minimum absolute atomic E-state index is 0.457. The van der Waals surface area contributed by atoms with Crippen LogP contribution in [0.15, 0.2) is 12.3 Å². The van der Waals surface area contributed by atoms with E-state index in [-0.39, 0.29) is 0 Å². The molecule has 1 rings (SSSR count). The Hall–Kier alpha value is -1.56. The van der Waals surface area contributed by atoms with Crippen molar-refractivity contribution in [3.8, 4) is 11.9 Å². The van der Waals surface area contributed by atoms with Gasteiger partial charge in [-0.25, -0.2) is 4.98 Å². The number of hydrogen-bond donors (Lipinski definition) is 0. The summed E-state index contributed by atoms with van der Waals surface area (Å²) in [7, 11) is 0. The van der Waals surface area contributed by atoms with Crippen molar-refractivity contribution < 1.29 is 4.74 Å². The van der Waals surface area contributed by atoms with Crippen LogP contribution in [-0.2, 0) is 0 Å². The molecule has 0 fully saturated rings. The smallest absolute Gasteiger partial charge is 0.231 e. The zero-order chi connectivity index (χ0) is 11.3. The fourth-order valence-electron chi connectivity index (χ4n) is 1.17. The molecule has 1 aromatic rings. The van der Waals surface area contributed by atoms with Crippen molar-refractivity contribution in [2.45, 2.75) is 27.2 Å². The van der Waals surface area contributed by atoms with Gasteiger partial charge >= 0.3 is 0 Å². The summed E-state index contributed by atoms with van der Waals surface area (Å²) in [6.45, 7) is 6.77. The molecule has 3 nitrogen and oxygen atoms in total. The molecule has 0 atom stereocenters. The summed E-state index contributed by atoms with van der Waals surface area (Å²) in [6, 6.07) is 3.93. The van der Waals surface area contributed by atoms with Gasteiger partial charge in [0.05, 0.1) is 6.61 Å². The van der Waals surface area contributed by atoms with Gasteiger partial charge < -0.3 is 4.74 Å². The summed E-state index contributed by atoms with van der Waals surface area (Å²) in [4.78, 5) is 4.06. The lowest BCUT2D eigenvalue weighted by atomic mass is 10.1. The van der Waals surface area contributed by atoms with E-state index >= 15 is 0 Å². The Labute approximate surface area is 90.7 Å². The van der Waals surface area contributed by atoms with Crippen LogP contribution < -0.4 is 4.74 Å². The molecule has 0 aliphatic heterocycles. The molecular weight excluding hydrogens is 188 g/mol. The molecule has 0 saturated carbocycles. The van der Waals surface area contributed by atoms with Crippen LogP contribution in [0.3, 0.4) is 0 Å². The first-order chi connectivity index (χ1) is 7.15. The molecule has 0 aromatic carbocycles. The molecule has 1 heterocycles. The molecule has 1 aromatic heterocycles. The molecule has 0 unspecified atom stereocenters. The fraction of sp³-hybridized carbons (Fsp3) is 0.500. The molecule has 0 saturated heterocycles. The van der Waals surface area contributed by atoms with Gasteiger partial charge in [0.1, 0.15) is 11.6 Å². The van der Waals surface area contributed by atoms with E-state index in [1.165, 1.54) is 0 Å². The van der Waals surface area contributed by atoms with Gasteiger partial charge in [0, 0.05) is 6.20 Å². The van der Waals surface area contributed by atoms with Gasteiger partial charge in [0.15, 0.2) is 0 Å². The number of nitriles is 1. The summed E-state index contributed by atoms with van der Waals surface area (Å²) in [6.07, 6.45) is 2.64. The Morgan fingerprint density at radius 2 is 2.27 bits per heavy atom. The van der Waals surface area contributed by atoms with E-state index in [0.29, 0.717) is 24.0 Å². The summed E-state index contributed by atoms with van der Waals surface area (Å²) in [5.41, 5.74) is 1.45. The van der Waals surface area contributed by atoms with Gasteiger partial charge in [-0.05, 0) is 30.9 Å². The van der Waals surface area contributed by atoms with Crippen LogP contribution in [0.5, 0.6) is 5.88 Å². The first-order valence-electron chi connectivity index (χ1n) is 5.13. The number of hydrogen-bond acceptors (Lipinski definition) is 3. The molecule has 0 N–H and O–H groups in total. The Balaban J connectivity index is 2.69. The molecule has 0 radical (unpaired) electrons. The molecule has 0 spiro atoms. The normalized spacial score (nSPS) is 10.1. The van der Waals surface area contributed by atoms with Crippen molar-refractivity contribution in [3.63, 3.8) is 0 Å². The second kappa shape index (κ2) is 5.35. The van der Waals surface area contributed by atoms with E-state index in [2.05, 4.69) is 24.9 Å². The maximum Gasteiger partial charge on any atom is 0.231 e. The summed E-state index contributed by atoms with van der Waals surface area (Å²) in [5, 5.41) is 8.94. The van der Waals surface area contributed by atoms with Gasteiger partial charge in [-0.15, -0.1) is 0 Å². The quantitative estimate of drug-likeness (QED) is 0.757. The number of rotatable bonds is 4. The predicted molar refractivity (Wildman–Crippen MR) is 58.6 cm³/mol. The Morgan fingerprint density at radius 1 is 1.53 bits per heavy atom. The molecule has 15 heavy (non-hydrogen) atoms. The van der Waals surface area contributed by atoms with Crippen molar-refractivity contribution in [1.29, 1.82) is 5.26 Å². The highest BCUT2D eigenvalue weighted by molar-refractivity contribution is 5.43. The van der Waals surface area contributed by atoms with E-state index < -0.39 is 0 Å². The summed E-state index contributed by atoms with van der Waals surface area (Å²) < 4.78 is 5.49. The van der Waals surface area contributed by atoms with Crippen LogP contribution in [0.4, 0.5) is 0 Å². The SMILES string of the molecule is Cc1ccnc(OCCC(C)C)c1C#N. The predicted octanol–water partition coefficient (Wildman–Crippen LogP) is 2.69. The van der Waals surface area contributed by atoms with Crippen molar-refractivity contribution in [2.75, 3.05) is 6.61 Å². The van der Waals surface area contributed by atoms with Crippen LogP contribution >= 0.6 is 0 Å². The molecule has 80 valence electrons. The number of aromatic nitrogens is 1. The van der Waals surface area contributed by atoms with Crippen LogP contribution in [0.1, 0.15) is 31.4 Å². The van der Waals surface area contributed by atoms with E-state index in [1.807, 2.05) is 13.0 Å². The maximum absolute atomic E-state index is 8.94. The van der Waals surface area contributed by atoms with Crippen LogP contribution in [0.25, 0.3) is 0 Å². The third-order valence-electron chi connectivity index (χ3n) is 2.17. The average molecular weight is 204 g/mol. The van der Waals surface area contributed by atoms with Gasteiger partial charge in [-0.1, -0.05) is 13.8 Å². The van der Waals surface area contributed by atoms with Gasteiger partial charge in [0.25, 0.3) is 0 Å². The molecule has 0 aliphatic rings. The Kier molecular flexibility index (Phi) is 4.11. The van der Waals surface area contributed by atoms with Crippen molar-refractivity contribution in [1.82, 2.24) is 4.98 Å². The highest BCUT2D eigenvalue weighted by atomic mass is 16.5. The number of pyridine rings is 1. The first-order valence-corrected chi connectivity index (χ1v) is 5.13. The lowest BCUT2D eigenvalue weighted by Gasteiger charge is -2.09. The van der Waals surface area contributed by atoms with Crippen molar-refractivity contribution in [2.24, 2.45) is 5.92 Å². The number of aryl methyl sites for hydroxylation is 1.